The predicted octanol–water partition coefficient (Wildman–Crippen LogP) is 2.87. The molecule has 0 saturated heterocycles. The molecular weight excluding hydrogens is 224 g/mol. The number of benzene rings is 1. The molecule has 0 bridgehead atoms. The number of aliphatic hydroxyl groups is 1. The van der Waals surface area contributed by atoms with Crippen LogP contribution in [0.3, 0.4) is 0 Å². The summed E-state index contributed by atoms with van der Waals surface area (Å²) in [7, 11) is 4.03. The Balaban J connectivity index is 2.42. The summed E-state index contributed by atoms with van der Waals surface area (Å²) in [6.45, 7) is 1.72. The zero-order valence-electron chi connectivity index (χ0n) is 11.0. The van der Waals surface area contributed by atoms with Gasteiger partial charge >= 0.3 is 0 Å². The van der Waals surface area contributed by atoms with Gasteiger partial charge in [-0.2, -0.15) is 0 Å². The van der Waals surface area contributed by atoms with Crippen LogP contribution in [0.4, 0.5) is 5.69 Å². The number of aromatic nitrogens is 1. The fourth-order valence-corrected chi connectivity index (χ4v) is 1.79. The van der Waals surface area contributed by atoms with E-state index in [9.17, 15) is 5.11 Å². The van der Waals surface area contributed by atoms with Crippen molar-refractivity contribution in [2.24, 2.45) is 0 Å². The van der Waals surface area contributed by atoms with Crippen molar-refractivity contribution in [1.82, 2.24) is 4.98 Å². The van der Waals surface area contributed by atoms with Crippen molar-refractivity contribution in [3.8, 4) is 11.3 Å². The first kappa shape index (κ1) is 12.6. The van der Waals surface area contributed by atoms with E-state index in [-0.39, 0.29) is 0 Å². The first-order valence-corrected chi connectivity index (χ1v) is 6.00. The highest BCUT2D eigenvalue weighted by atomic mass is 16.3. The van der Waals surface area contributed by atoms with Crippen LogP contribution in [-0.2, 0) is 0 Å². The minimum absolute atomic E-state index is 0.540. The highest BCUT2D eigenvalue weighted by Crippen LogP contribution is 2.23. The number of aliphatic hydroxyl groups excluding tert-OH is 1. The van der Waals surface area contributed by atoms with E-state index in [2.05, 4.69) is 22.0 Å². The quantitative estimate of drug-likeness (QED) is 0.899. The van der Waals surface area contributed by atoms with Crippen molar-refractivity contribution < 1.29 is 5.11 Å². The minimum Gasteiger partial charge on any atom is -0.387 e. The fraction of sp³-hybridized carbons (Fsp3) is 0.267. The van der Waals surface area contributed by atoms with Gasteiger partial charge in [0.2, 0.25) is 0 Å². The molecule has 1 heterocycles. The van der Waals surface area contributed by atoms with E-state index < -0.39 is 6.10 Å². The average Bonchev–Trinajstić information content (AvgIpc) is 2.39. The van der Waals surface area contributed by atoms with Gasteiger partial charge in [-0.05, 0) is 31.2 Å². The maximum absolute atomic E-state index is 9.57. The van der Waals surface area contributed by atoms with E-state index >= 15 is 0 Å². The molecule has 3 heteroatoms. The maximum atomic E-state index is 9.57. The molecule has 0 fully saturated rings. The Morgan fingerprint density at radius 1 is 1.11 bits per heavy atom. The SMILES string of the molecule is C[C@H](O)c1cccc(-c2cccc(N(C)C)c2)n1. The van der Waals surface area contributed by atoms with E-state index in [1.165, 1.54) is 0 Å². The summed E-state index contributed by atoms with van der Waals surface area (Å²) < 4.78 is 0. The highest BCUT2D eigenvalue weighted by molar-refractivity contribution is 5.65. The van der Waals surface area contributed by atoms with Gasteiger partial charge in [0, 0.05) is 25.3 Å². The molecule has 2 aromatic rings. The second kappa shape index (κ2) is 5.19. The Bertz CT molecular complexity index is 486. The van der Waals surface area contributed by atoms with E-state index in [0.717, 1.165) is 16.9 Å². The van der Waals surface area contributed by atoms with Crippen LogP contribution >= 0.6 is 0 Å². The lowest BCUT2D eigenvalue weighted by atomic mass is 10.1. The topological polar surface area (TPSA) is 36.4 Å². The lowest BCUT2D eigenvalue weighted by Gasteiger charge is -2.14. The molecule has 0 amide bonds. The number of nitrogens with zero attached hydrogens (tertiary/aromatic N) is 2. The summed E-state index contributed by atoms with van der Waals surface area (Å²) in [4.78, 5) is 6.53. The Hall–Kier alpha value is -1.87. The second-order valence-corrected chi connectivity index (χ2v) is 4.57. The van der Waals surface area contributed by atoms with Gasteiger partial charge in [0.25, 0.3) is 0 Å². The monoisotopic (exact) mass is 242 g/mol. The number of rotatable bonds is 3. The molecule has 94 valence electrons. The van der Waals surface area contributed by atoms with Crippen LogP contribution in [0.2, 0.25) is 0 Å². The van der Waals surface area contributed by atoms with E-state index in [4.69, 9.17) is 0 Å². The zero-order chi connectivity index (χ0) is 13.1. The van der Waals surface area contributed by atoms with Crippen LogP contribution in [0.1, 0.15) is 18.7 Å². The minimum atomic E-state index is -0.540. The normalized spacial score (nSPS) is 12.2. The molecule has 0 aliphatic carbocycles. The molecule has 1 aromatic heterocycles. The van der Waals surface area contributed by atoms with Gasteiger partial charge in [0.05, 0.1) is 17.5 Å². The first-order valence-electron chi connectivity index (χ1n) is 6.00. The van der Waals surface area contributed by atoms with Crippen LogP contribution in [0.25, 0.3) is 11.3 Å². The zero-order valence-corrected chi connectivity index (χ0v) is 11.0. The van der Waals surface area contributed by atoms with Crippen molar-refractivity contribution in [3.63, 3.8) is 0 Å². The second-order valence-electron chi connectivity index (χ2n) is 4.57. The molecule has 1 aromatic carbocycles. The molecule has 1 atom stereocenters. The van der Waals surface area contributed by atoms with Crippen molar-refractivity contribution >= 4 is 5.69 Å². The van der Waals surface area contributed by atoms with Crippen LogP contribution in [0, 0.1) is 0 Å². The summed E-state index contributed by atoms with van der Waals surface area (Å²) in [6.07, 6.45) is -0.540. The molecule has 1 N–H and O–H groups in total. The predicted molar refractivity (Wildman–Crippen MR) is 74.6 cm³/mol. The Labute approximate surface area is 108 Å². The summed E-state index contributed by atoms with van der Waals surface area (Å²) in [6, 6.07) is 13.9. The standard InChI is InChI=1S/C15H18N2O/c1-11(18)14-8-5-9-15(16-14)12-6-4-7-13(10-12)17(2)3/h4-11,18H,1-3H3/t11-/m0/s1. The van der Waals surface area contributed by atoms with Crippen LogP contribution in [0.5, 0.6) is 0 Å². The van der Waals surface area contributed by atoms with Gasteiger partial charge in [-0.1, -0.05) is 18.2 Å². The van der Waals surface area contributed by atoms with Gasteiger partial charge in [0.15, 0.2) is 0 Å². The summed E-state index contributed by atoms with van der Waals surface area (Å²) >= 11 is 0. The van der Waals surface area contributed by atoms with E-state index in [0.29, 0.717) is 5.69 Å². The molecule has 0 radical (unpaired) electrons. The Morgan fingerprint density at radius 3 is 2.50 bits per heavy atom. The van der Waals surface area contributed by atoms with Crippen LogP contribution < -0.4 is 4.90 Å². The van der Waals surface area contributed by atoms with Crippen molar-refractivity contribution in [2.75, 3.05) is 19.0 Å². The van der Waals surface area contributed by atoms with Crippen molar-refractivity contribution in [1.29, 1.82) is 0 Å². The lowest BCUT2D eigenvalue weighted by Crippen LogP contribution is -2.08. The molecule has 0 unspecified atom stereocenters. The Kier molecular flexibility index (Phi) is 3.63. The molecule has 3 nitrogen and oxygen atoms in total. The molecule has 0 saturated carbocycles. The van der Waals surface area contributed by atoms with Crippen LogP contribution in [0.15, 0.2) is 42.5 Å². The third-order valence-electron chi connectivity index (χ3n) is 2.86. The smallest absolute Gasteiger partial charge is 0.0932 e. The van der Waals surface area contributed by atoms with Gasteiger partial charge in [0.1, 0.15) is 0 Å². The molecule has 0 spiro atoms. The number of hydrogen-bond acceptors (Lipinski definition) is 3. The van der Waals surface area contributed by atoms with Crippen molar-refractivity contribution in [2.45, 2.75) is 13.0 Å². The Morgan fingerprint density at radius 2 is 1.83 bits per heavy atom. The first-order chi connectivity index (χ1) is 8.58. The third kappa shape index (κ3) is 2.68. The van der Waals surface area contributed by atoms with Gasteiger partial charge in [-0.25, -0.2) is 0 Å². The van der Waals surface area contributed by atoms with E-state index in [1.807, 2.05) is 44.4 Å². The molecule has 0 aliphatic heterocycles. The highest BCUT2D eigenvalue weighted by Gasteiger charge is 2.06. The van der Waals surface area contributed by atoms with E-state index in [1.54, 1.807) is 6.92 Å². The van der Waals surface area contributed by atoms with Crippen molar-refractivity contribution in [3.05, 3.63) is 48.2 Å². The van der Waals surface area contributed by atoms with Gasteiger partial charge in [-0.15, -0.1) is 0 Å². The summed E-state index contributed by atoms with van der Waals surface area (Å²) in [5, 5.41) is 9.57. The molecule has 0 aliphatic rings. The summed E-state index contributed by atoms with van der Waals surface area (Å²) in [5.74, 6) is 0. The maximum Gasteiger partial charge on any atom is 0.0932 e. The van der Waals surface area contributed by atoms with Crippen LogP contribution in [-0.4, -0.2) is 24.2 Å². The summed E-state index contributed by atoms with van der Waals surface area (Å²) in [5.41, 5.74) is 3.78. The average molecular weight is 242 g/mol. The largest absolute Gasteiger partial charge is 0.387 e. The third-order valence-corrected chi connectivity index (χ3v) is 2.86. The number of hydrogen-bond donors (Lipinski definition) is 1. The molecule has 2 rings (SSSR count). The number of pyridine rings is 1. The van der Waals surface area contributed by atoms with Gasteiger partial charge in [-0.3, -0.25) is 4.98 Å². The molecule has 18 heavy (non-hydrogen) atoms. The number of anilines is 1. The van der Waals surface area contributed by atoms with Gasteiger partial charge < -0.3 is 10.0 Å². The molecular formula is C15H18N2O. The lowest BCUT2D eigenvalue weighted by molar-refractivity contribution is 0.194. The fourth-order valence-electron chi connectivity index (χ4n) is 1.79.